The third kappa shape index (κ3) is 9.32. The molecule has 0 amide bonds. The second-order valence-corrected chi connectivity index (χ2v) is 24.0. The Balaban J connectivity index is 0.860. The van der Waals surface area contributed by atoms with Gasteiger partial charge in [-0.2, -0.15) is 0 Å². The molecule has 12 N–H and O–H groups in total. The molecule has 6 saturated heterocycles. The molecule has 22 nitrogen and oxygen atoms in total. The lowest BCUT2D eigenvalue weighted by Gasteiger charge is -2.59. The van der Waals surface area contributed by atoms with Crippen LogP contribution in [0.3, 0.4) is 0 Å². The van der Waals surface area contributed by atoms with Crippen molar-refractivity contribution < 1.29 is 109 Å². The highest BCUT2D eigenvalue weighted by atomic mass is 16.8. The summed E-state index contributed by atoms with van der Waals surface area (Å²) in [5.41, 5.74) is 1.21. The van der Waals surface area contributed by atoms with E-state index in [9.17, 15) is 61.3 Å². The number of aliphatic hydroxyl groups is 12. The third-order valence-corrected chi connectivity index (χ3v) is 19.9. The zero-order valence-electron chi connectivity index (χ0n) is 42.5. The predicted octanol–water partition coefficient (Wildman–Crippen LogP) is -1.96. The Labute approximate surface area is 425 Å². The summed E-state index contributed by atoms with van der Waals surface area (Å²) in [6.07, 6.45) is -23.8. The number of aliphatic hydroxyl groups excluding tert-OH is 12. The predicted molar refractivity (Wildman–Crippen MR) is 247 cm³/mol. The molecule has 418 valence electrons. The molecule has 4 aliphatic carbocycles. The van der Waals surface area contributed by atoms with Crippen molar-refractivity contribution in [3.8, 4) is 0 Å². The quantitative estimate of drug-likeness (QED) is 0.106. The van der Waals surface area contributed by atoms with Crippen molar-refractivity contribution in [2.75, 3.05) is 19.8 Å². The van der Waals surface area contributed by atoms with Crippen LogP contribution in [0.4, 0.5) is 0 Å². The van der Waals surface area contributed by atoms with Crippen LogP contribution in [0, 0.1) is 46.3 Å². The van der Waals surface area contributed by atoms with E-state index in [-0.39, 0.29) is 28.8 Å². The molecule has 32 atom stereocenters. The highest BCUT2D eigenvalue weighted by molar-refractivity contribution is 5.26. The molecule has 73 heavy (non-hydrogen) atoms. The fourth-order valence-corrected chi connectivity index (χ4v) is 15.5. The average molecular weight is 1050 g/mol. The molecule has 0 aromatic carbocycles. The van der Waals surface area contributed by atoms with Gasteiger partial charge in [0.25, 0.3) is 0 Å². The highest BCUT2D eigenvalue weighted by Crippen LogP contribution is 2.71. The monoisotopic (exact) mass is 1050 g/mol. The number of hydrogen-bond acceptors (Lipinski definition) is 22. The number of ether oxygens (including phenoxy) is 10. The summed E-state index contributed by atoms with van der Waals surface area (Å²) in [6.45, 7) is 11.1. The molecular formula is C51H82O22. The van der Waals surface area contributed by atoms with E-state index in [0.29, 0.717) is 49.5 Å². The molecule has 3 saturated carbocycles. The smallest absolute Gasteiger partial charge is 0.187 e. The molecule has 9 fully saturated rings. The van der Waals surface area contributed by atoms with Crippen LogP contribution in [-0.4, -0.2) is 228 Å². The topological polar surface area (TPSA) is 335 Å². The van der Waals surface area contributed by atoms with Crippen LogP contribution >= 0.6 is 0 Å². The summed E-state index contributed by atoms with van der Waals surface area (Å²) in [4.78, 5) is 0. The van der Waals surface area contributed by atoms with Gasteiger partial charge in [0.15, 0.2) is 30.9 Å². The van der Waals surface area contributed by atoms with Gasteiger partial charge in [-0.15, -0.1) is 0 Å². The molecule has 2 unspecified atom stereocenters. The number of rotatable bonds is 10. The Kier molecular flexibility index (Phi) is 15.7. The van der Waals surface area contributed by atoms with Crippen LogP contribution in [0.15, 0.2) is 11.6 Å². The van der Waals surface area contributed by atoms with Crippen molar-refractivity contribution >= 4 is 0 Å². The van der Waals surface area contributed by atoms with Crippen molar-refractivity contribution in [3.63, 3.8) is 0 Å². The lowest BCUT2D eigenvalue weighted by Crippen LogP contribution is -2.67. The van der Waals surface area contributed by atoms with Gasteiger partial charge in [-0.05, 0) is 93.3 Å². The molecule has 0 aromatic rings. The van der Waals surface area contributed by atoms with Crippen molar-refractivity contribution in [1.82, 2.24) is 0 Å². The van der Waals surface area contributed by atoms with Crippen LogP contribution < -0.4 is 0 Å². The molecular weight excluding hydrogens is 965 g/mol. The SMILES string of the molecule is CC1CO[C@]2(CC1O)O[C@H]1C[C@H]3[C@@H]4CC=C5C[C@@H](O[C@@H]6O[C@H](CO)[C@@H](O)[C@H](O[C@@H]7O[C@@H](C)[C@H](O[C@@H]8O[C@H](CO)[C@@H](O)[C@H](O)[C@H]8O)[C@@H](O)[C@H]7O)[C@H]6O[C@@H]6O[C@@H](C)[C@@H](O)[C@@H](O)[C@H]6O)CC[C@]5(C)[C@H]4CC[C@]3(C)[C@H]1[C@@H]2C. The molecule has 0 radical (unpaired) electrons. The normalized spacial score (nSPS) is 58.2. The molecule has 10 aliphatic rings. The zero-order valence-corrected chi connectivity index (χ0v) is 42.5. The largest absolute Gasteiger partial charge is 0.394 e. The molecule has 0 bridgehead atoms. The van der Waals surface area contributed by atoms with E-state index < -0.39 is 154 Å². The molecule has 1 spiro atoms. The van der Waals surface area contributed by atoms with Gasteiger partial charge in [0.1, 0.15) is 85.5 Å². The van der Waals surface area contributed by atoms with E-state index in [1.54, 1.807) is 0 Å². The maximum absolute atomic E-state index is 11.8. The van der Waals surface area contributed by atoms with Gasteiger partial charge in [0.2, 0.25) is 0 Å². The van der Waals surface area contributed by atoms with E-state index >= 15 is 0 Å². The van der Waals surface area contributed by atoms with Crippen LogP contribution in [-0.2, 0) is 47.4 Å². The third-order valence-electron chi connectivity index (χ3n) is 19.9. The van der Waals surface area contributed by atoms with Gasteiger partial charge in [-0.1, -0.05) is 39.3 Å². The van der Waals surface area contributed by atoms with Crippen molar-refractivity contribution in [1.29, 1.82) is 0 Å². The van der Waals surface area contributed by atoms with Gasteiger partial charge >= 0.3 is 0 Å². The van der Waals surface area contributed by atoms with Gasteiger partial charge in [0, 0.05) is 18.3 Å². The highest BCUT2D eigenvalue weighted by Gasteiger charge is 2.69. The van der Waals surface area contributed by atoms with Crippen LogP contribution in [0.5, 0.6) is 0 Å². The van der Waals surface area contributed by atoms with E-state index in [1.165, 1.54) is 19.4 Å². The van der Waals surface area contributed by atoms with Crippen LogP contribution in [0.2, 0.25) is 0 Å². The standard InChI is InChI=1S/C51H82O22/c1-19-18-64-51(15-28(19)54)20(2)32-29(73-51)14-27-25-8-7-23-13-24(9-11-49(23,5)26(25)10-12-50(27,32)6)67-48-44(72-45-39(61)36(58)33(55)21(3)65-45)43(35(57)31(17-53)69-48)71-46-41(63)38(60)42(22(4)66-46)70-47-40(62)37(59)34(56)30(16-52)68-47/h7,19-22,24-48,52-63H,8-18H2,1-6H3/t19?,20-,21-,22-,24-,25+,26-,27-,28?,29-,30+,31+,32-,33+,34+,35+,36+,37-,38-,39+,40+,41+,42-,43-,44+,45-,46-,47-,48+,49-,50-,51+/m0/s1. The van der Waals surface area contributed by atoms with Gasteiger partial charge in [0.05, 0.1) is 50.3 Å². The minimum atomic E-state index is -1.93. The lowest BCUT2D eigenvalue weighted by molar-refractivity contribution is -0.398. The first kappa shape index (κ1) is 55.2. The minimum Gasteiger partial charge on any atom is -0.394 e. The molecule has 22 heteroatoms. The number of hydrogen-bond donors (Lipinski definition) is 12. The second kappa shape index (κ2) is 20.8. The van der Waals surface area contributed by atoms with Crippen molar-refractivity contribution in [2.24, 2.45) is 46.3 Å². The first-order chi connectivity index (χ1) is 34.5. The van der Waals surface area contributed by atoms with E-state index in [2.05, 4.69) is 26.8 Å². The summed E-state index contributed by atoms with van der Waals surface area (Å²) in [5, 5.41) is 130. The summed E-state index contributed by atoms with van der Waals surface area (Å²) in [6, 6.07) is 0. The minimum absolute atomic E-state index is 0.0633. The number of allylic oxidation sites excluding steroid dienone is 1. The number of fused-ring (bicyclic) bond motifs is 7. The van der Waals surface area contributed by atoms with Crippen LogP contribution in [0.1, 0.15) is 92.9 Å². The molecule has 10 rings (SSSR count). The lowest BCUT2D eigenvalue weighted by atomic mass is 9.47. The summed E-state index contributed by atoms with van der Waals surface area (Å²) in [5.74, 6) is 1.14. The van der Waals surface area contributed by atoms with Crippen molar-refractivity contribution in [2.45, 2.75) is 240 Å². The van der Waals surface area contributed by atoms with Gasteiger partial charge in [-0.3, -0.25) is 0 Å². The Hall–Kier alpha value is -1.14. The summed E-state index contributed by atoms with van der Waals surface area (Å²) in [7, 11) is 0. The van der Waals surface area contributed by atoms with E-state index in [0.717, 1.165) is 32.1 Å². The van der Waals surface area contributed by atoms with E-state index in [1.807, 2.05) is 6.92 Å². The Bertz CT molecular complexity index is 1950. The first-order valence-electron chi connectivity index (χ1n) is 26.8. The molecule has 6 aliphatic heterocycles. The molecule has 6 heterocycles. The maximum atomic E-state index is 11.8. The summed E-state index contributed by atoms with van der Waals surface area (Å²) >= 11 is 0. The average Bonchev–Trinajstić information content (AvgIpc) is 3.81. The second-order valence-electron chi connectivity index (χ2n) is 24.0. The van der Waals surface area contributed by atoms with Crippen molar-refractivity contribution in [3.05, 3.63) is 11.6 Å². The fraction of sp³-hybridized carbons (Fsp3) is 0.961. The summed E-state index contributed by atoms with van der Waals surface area (Å²) < 4.78 is 62.2. The Morgan fingerprint density at radius 3 is 1.89 bits per heavy atom. The van der Waals surface area contributed by atoms with Gasteiger partial charge in [-0.25, -0.2) is 0 Å². The zero-order chi connectivity index (χ0) is 52.4. The van der Waals surface area contributed by atoms with E-state index in [4.69, 9.17) is 47.4 Å². The Morgan fingerprint density at radius 1 is 0.603 bits per heavy atom. The van der Waals surface area contributed by atoms with Crippen LogP contribution in [0.25, 0.3) is 0 Å². The van der Waals surface area contributed by atoms with Gasteiger partial charge < -0.3 is 109 Å². The Morgan fingerprint density at radius 2 is 1.21 bits per heavy atom. The maximum Gasteiger partial charge on any atom is 0.187 e. The first-order valence-corrected chi connectivity index (χ1v) is 26.8. The fourth-order valence-electron chi connectivity index (χ4n) is 15.5. The molecule has 0 aromatic heterocycles.